The highest BCUT2D eigenvalue weighted by atomic mass is 16.5. The van der Waals surface area contributed by atoms with E-state index >= 15 is 0 Å². The van der Waals surface area contributed by atoms with Gasteiger partial charge in [-0.3, -0.25) is 14.8 Å². The number of benzene rings is 2. The van der Waals surface area contributed by atoms with Crippen molar-refractivity contribution >= 4 is 17.6 Å². The average molecular weight is 482 g/mol. The van der Waals surface area contributed by atoms with Gasteiger partial charge in [-0.2, -0.15) is 5.10 Å². The molecule has 0 spiro atoms. The molecule has 0 fully saturated rings. The summed E-state index contributed by atoms with van der Waals surface area (Å²) >= 11 is 0. The zero-order valence-corrected chi connectivity index (χ0v) is 21.1. The van der Waals surface area contributed by atoms with E-state index in [2.05, 4.69) is 20.7 Å². The van der Waals surface area contributed by atoms with E-state index in [4.69, 9.17) is 18.9 Å². The predicted octanol–water partition coefficient (Wildman–Crippen LogP) is 3.47. The van der Waals surface area contributed by atoms with E-state index in [1.165, 1.54) is 21.3 Å². The molecule has 0 aliphatic rings. The van der Waals surface area contributed by atoms with Crippen LogP contribution in [0.4, 0.5) is 5.69 Å². The zero-order chi connectivity index (χ0) is 25.5. The van der Waals surface area contributed by atoms with Crippen molar-refractivity contribution in [3.8, 4) is 23.0 Å². The Kier molecular flexibility index (Phi) is 8.19. The average Bonchev–Trinajstić information content (AvgIpc) is 3.11. The van der Waals surface area contributed by atoms with E-state index in [0.717, 1.165) is 28.4 Å². The van der Waals surface area contributed by atoms with Crippen LogP contribution in [0.3, 0.4) is 0 Å². The Morgan fingerprint density at radius 2 is 1.60 bits per heavy atom. The summed E-state index contributed by atoms with van der Waals surface area (Å²) in [6.07, 6.45) is 0. The highest BCUT2D eigenvalue weighted by Gasteiger charge is 2.18. The number of aliphatic imine (C=N–C) groups is 1. The van der Waals surface area contributed by atoms with E-state index in [1.54, 1.807) is 19.2 Å². The topological polar surface area (TPSA) is 108 Å². The van der Waals surface area contributed by atoms with Crippen LogP contribution in [-0.4, -0.2) is 50.1 Å². The molecule has 0 aliphatic carbocycles. The van der Waals surface area contributed by atoms with Crippen molar-refractivity contribution in [1.82, 2.24) is 15.1 Å². The van der Waals surface area contributed by atoms with Gasteiger partial charge in [-0.25, -0.2) is 4.99 Å². The minimum atomic E-state index is -0.399. The molecule has 0 atom stereocenters. The molecule has 0 radical (unpaired) electrons. The van der Waals surface area contributed by atoms with Crippen LogP contribution in [0.5, 0.6) is 23.0 Å². The minimum Gasteiger partial charge on any atom is -0.497 e. The number of rotatable bonds is 8. The maximum Gasteiger partial charge on any atom is 0.258 e. The molecule has 3 aromatic rings. The smallest absolute Gasteiger partial charge is 0.258 e. The van der Waals surface area contributed by atoms with E-state index in [9.17, 15) is 4.79 Å². The highest BCUT2D eigenvalue weighted by Crippen LogP contribution is 2.38. The molecule has 35 heavy (non-hydrogen) atoms. The molecule has 186 valence electrons. The lowest BCUT2D eigenvalue weighted by Gasteiger charge is -2.15. The van der Waals surface area contributed by atoms with Crippen LogP contribution in [0.25, 0.3) is 0 Å². The number of carbonyl (C=O) groups excluding carboxylic acids is 1. The quantitative estimate of drug-likeness (QED) is 0.375. The predicted molar refractivity (Wildman–Crippen MR) is 134 cm³/mol. The summed E-state index contributed by atoms with van der Waals surface area (Å²) in [5, 5.41) is 10.5. The Balaban J connectivity index is 1.92. The number of anilines is 1. The van der Waals surface area contributed by atoms with Gasteiger partial charge in [0.05, 0.1) is 40.7 Å². The van der Waals surface area contributed by atoms with Gasteiger partial charge in [-0.05, 0) is 50.2 Å². The third-order valence-corrected chi connectivity index (χ3v) is 5.57. The van der Waals surface area contributed by atoms with E-state index < -0.39 is 5.91 Å². The van der Waals surface area contributed by atoms with Crippen LogP contribution in [-0.2, 0) is 13.6 Å². The van der Waals surface area contributed by atoms with Crippen LogP contribution in [0.1, 0.15) is 27.3 Å². The van der Waals surface area contributed by atoms with Crippen molar-refractivity contribution in [2.45, 2.75) is 20.4 Å². The van der Waals surface area contributed by atoms with Crippen LogP contribution >= 0.6 is 0 Å². The van der Waals surface area contributed by atoms with Crippen molar-refractivity contribution in [2.24, 2.45) is 12.0 Å². The van der Waals surface area contributed by atoms with E-state index in [0.29, 0.717) is 29.4 Å². The summed E-state index contributed by atoms with van der Waals surface area (Å²) < 4.78 is 23.1. The molecule has 10 nitrogen and oxygen atoms in total. The summed E-state index contributed by atoms with van der Waals surface area (Å²) in [6.45, 7) is 4.25. The monoisotopic (exact) mass is 481 g/mol. The first-order valence-corrected chi connectivity index (χ1v) is 10.9. The number of ether oxygens (including phenoxy) is 4. The second kappa shape index (κ2) is 11.3. The first-order chi connectivity index (χ1) is 16.8. The number of hydrogen-bond donors (Lipinski definition) is 2. The Bertz CT molecular complexity index is 1190. The van der Waals surface area contributed by atoms with Crippen molar-refractivity contribution in [3.63, 3.8) is 0 Å². The summed E-state index contributed by atoms with van der Waals surface area (Å²) in [6, 6.07) is 10.5. The molecule has 0 unspecified atom stereocenters. The summed E-state index contributed by atoms with van der Waals surface area (Å²) in [4.78, 5) is 17.9. The van der Waals surface area contributed by atoms with Crippen LogP contribution in [0, 0.1) is 13.8 Å². The van der Waals surface area contributed by atoms with E-state index in [-0.39, 0.29) is 5.96 Å². The lowest BCUT2D eigenvalue weighted by Crippen LogP contribution is -2.36. The van der Waals surface area contributed by atoms with Gasteiger partial charge >= 0.3 is 0 Å². The fourth-order valence-electron chi connectivity index (χ4n) is 3.52. The molecule has 0 saturated heterocycles. The number of aromatic nitrogens is 2. The van der Waals surface area contributed by atoms with E-state index in [1.807, 2.05) is 49.8 Å². The molecule has 0 saturated carbocycles. The Morgan fingerprint density at radius 1 is 0.971 bits per heavy atom. The summed E-state index contributed by atoms with van der Waals surface area (Å²) in [7, 11) is 7.99. The molecule has 2 aromatic carbocycles. The maximum absolute atomic E-state index is 13.2. The van der Waals surface area contributed by atoms with Crippen LogP contribution < -0.4 is 29.6 Å². The SMILES string of the molecule is COc1ccc(NC(=NCc2c(C)nn(C)c2C)NC(=O)c2cc(OC)c(OC)c(OC)c2)cc1. The number of carbonyl (C=O) groups is 1. The number of nitrogens with one attached hydrogen (secondary N) is 2. The van der Waals surface area contributed by atoms with Crippen LogP contribution in [0.2, 0.25) is 0 Å². The lowest BCUT2D eigenvalue weighted by molar-refractivity contribution is 0.0976. The normalized spacial score (nSPS) is 11.1. The fraction of sp³-hybridized carbons (Fsp3) is 0.320. The zero-order valence-electron chi connectivity index (χ0n) is 21.1. The minimum absolute atomic E-state index is 0.275. The molecule has 1 heterocycles. The number of amides is 1. The molecular weight excluding hydrogens is 450 g/mol. The molecule has 10 heteroatoms. The molecule has 1 amide bonds. The molecule has 2 N–H and O–H groups in total. The second-order valence-electron chi connectivity index (χ2n) is 7.66. The number of aryl methyl sites for hydroxylation is 2. The molecule has 0 bridgehead atoms. The van der Waals surface area contributed by atoms with Gasteiger partial charge in [0.15, 0.2) is 11.5 Å². The van der Waals surface area contributed by atoms with Gasteiger partial charge in [0, 0.05) is 29.6 Å². The number of hydrogen-bond acceptors (Lipinski definition) is 7. The molecule has 1 aromatic heterocycles. The van der Waals surface area contributed by atoms with Gasteiger partial charge in [0.2, 0.25) is 11.7 Å². The van der Waals surface area contributed by atoms with Crippen molar-refractivity contribution in [2.75, 3.05) is 33.8 Å². The second-order valence-corrected chi connectivity index (χ2v) is 7.66. The first kappa shape index (κ1) is 25.4. The third-order valence-electron chi connectivity index (χ3n) is 5.57. The van der Waals surface area contributed by atoms with Gasteiger partial charge in [0.25, 0.3) is 5.91 Å². The first-order valence-electron chi connectivity index (χ1n) is 10.9. The summed E-state index contributed by atoms with van der Waals surface area (Å²) in [5.41, 5.74) is 3.93. The Hall–Kier alpha value is -4.21. The fourth-order valence-corrected chi connectivity index (χ4v) is 3.52. The molecular formula is C25H31N5O5. The Labute approximate surface area is 204 Å². The number of methoxy groups -OCH3 is 4. The van der Waals surface area contributed by atoms with Gasteiger partial charge in [-0.15, -0.1) is 0 Å². The third kappa shape index (κ3) is 5.84. The maximum atomic E-state index is 13.2. The van der Waals surface area contributed by atoms with Crippen molar-refractivity contribution in [1.29, 1.82) is 0 Å². The van der Waals surface area contributed by atoms with Crippen molar-refractivity contribution in [3.05, 3.63) is 58.9 Å². The Morgan fingerprint density at radius 3 is 2.09 bits per heavy atom. The highest BCUT2D eigenvalue weighted by molar-refractivity contribution is 6.10. The lowest BCUT2D eigenvalue weighted by atomic mass is 10.1. The largest absolute Gasteiger partial charge is 0.497 e. The number of guanidine groups is 1. The van der Waals surface area contributed by atoms with Gasteiger partial charge < -0.3 is 24.3 Å². The van der Waals surface area contributed by atoms with Gasteiger partial charge in [-0.1, -0.05) is 0 Å². The van der Waals surface area contributed by atoms with Crippen molar-refractivity contribution < 1.29 is 23.7 Å². The number of nitrogens with zero attached hydrogens (tertiary/aromatic N) is 3. The standard InChI is InChI=1S/C25H31N5O5/c1-15-20(16(2)30(3)29-15)14-26-25(27-18-8-10-19(32-4)11-9-18)28-24(31)17-12-21(33-5)23(35-7)22(13-17)34-6/h8-13H,14H2,1-7H3,(H2,26,27,28,31). The van der Waals surface area contributed by atoms with Gasteiger partial charge in [0.1, 0.15) is 5.75 Å². The molecule has 0 aliphatic heterocycles. The van der Waals surface area contributed by atoms with Crippen LogP contribution in [0.15, 0.2) is 41.4 Å². The molecule has 3 rings (SSSR count). The summed E-state index contributed by atoms with van der Waals surface area (Å²) in [5.74, 6) is 1.75.